The number of carbonyl (C=O) groups is 1. The molecule has 0 unspecified atom stereocenters. The van der Waals surface area contributed by atoms with Gasteiger partial charge in [-0.3, -0.25) is 4.79 Å². The van der Waals surface area contributed by atoms with Crippen molar-refractivity contribution >= 4 is 17.7 Å². The number of benzene rings is 1. The van der Waals surface area contributed by atoms with E-state index < -0.39 is 0 Å². The molecule has 0 radical (unpaired) electrons. The molecule has 1 amide bonds. The number of nitrogens with zero attached hydrogens (tertiary/aromatic N) is 2. The van der Waals surface area contributed by atoms with Gasteiger partial charge in [0.1, 0.15) is 0 Å². The van der Waals surface area contributed by atoms with Crippen molar-refractivity contribution in [2.45, 2.75) is 38.0 Å². The number of aromatic nitrogens is 2. The lowest BCUT2D eigenvalue weighted by molar-refractivity contribution is -0.119. The molecular weight excluding hydrogens is 330 g/mol. The van der Waals surface area contributed by atoms with Gasteiger partial charge >= 0.3 is 0 Å². The largest absolute Gasteiger partial charge is 0.454 e. The summed E-state index contributed by atoms with van der Waals surface area (Å²) in [6.07, 6.45) is 2.00. The fraction of sp³-hybridized carbons (Fsp3) is 0.438. The Labute approximate surface area is 144 Å². The summed E-state index contributed by atoms with van der Waals surface area (Å²) < 4.78 is 16.2. The average Bonchev–Trinajstić information content (AvgIpc) is 3.21. The van der Waals surface area contributed by atoms with Gasteiger partial charge in [0.2, 0.25) is 18.6 Å². The van der Waals surface area contributed by atoms with E-state index in [1.165, 1.54) is 11.8 Å². The first-order valence-electron chi connectivity index (χ1n) is 7.81. The molecule has 0 spiro atoms. The zero-order chi connectivity index (χ0) is 16.9. The molecule has 0 saturated carbocycles. The number of amides is 1. The smallest absolute Gasteiger partial charge is 0.277 e. The van der Waals surface area contributed by atoms with Crippen LogP contribution in [0.3, 0.4) is 0 Å². The van der Waals surface area contributed by atoms with Gasteiger partial charge < -0.3 is 19.2 Å². The van der Waals surface area contributed by atoms with Crippen LogP contribution in [0, 0.1) is 0 Å². The van der Waals surface area contributed by atoms with Gasteiger partial charge in [0.15, 0.2) is 11.5 Å². The van der Waals surface area contributed by atoms with Crippen LogP contribution in [-0.4, -0.2) is 34.7 Å². The molecule has 8 heteroatoms. The third-order valence-corrected chi connectivity index (χ3v) is 4.30. The predicted octanol–water partition coefficient (Wildman–Crippen LogP) is 2.86. The maximum Gasteiger partial charge on any atom is 0.277 e. The number of carbonyl (C=O) groups excluding carboxylic acids is 1. The van der Waals surface area contributed by atoms with E-state index in [0.29, 0.717) is 22.6 Å². The molecule has 7 nitrogen and oxygen atoms in total. The summed E-state index contributed by atoms with van der Waals surface area (Å²) in [7, 11) is 0. The first-order valence-corrected chi connectivity index (χ1v) is 8.80. The van der Waals surface area contributed by atoms with E-state index in [9.17, 15) is 4.79 Å². The monoisotopic (exact) mass is 349 g/mol. The summed E-state index contributed by atoms with van der Waals surface area (Å²) in [5.74, 6) is 1.95. The third-order valence-electron chi connectivity index (χ3n) is 3.48. The van der Waals surface area contributed by atoms with Crippen molar-refractivity contribution in [1.29, 1.82) is 0 Å². The molecule has 1 aliphatic rings. The molecule has 1 atom stereocenters. The molecule has 1 aliphatic heterocycles. The van der Waals surface area contributed by atoms with E-state index in [1.54, 1.807) is 12.1 Å². The number of nitrogens with one attached hydrogen (secondary N) is 1. The number of thioether (sulfide) groups is 1. The molecule has 24 heavy (non-hydrogen) atoms. The minimum Gasteiger partial charge on any atom is -0.454 e. The van der Waals surface area contributed by atoms with Crippen LogP contribution in [0.5, 0.6) is 11.5 Å². The number of ether oxygens (including phenoxy) is 2. The summed E-state index contributed by atoms with van der Waals surface area (Å²) in [6, 6.07) is 5.60. The lowest BCUT2D eigenvalue weighted by atomic mass is 10.2. The second-order valence-electron chi connectivity index (χ2n) is 5.49. The van der Waals surface area contributed by atoms with Gasteiger partial charge in [-0.2, -0.15) is 0 Å². The van der Waals surface area contributed by atoms with Crippen LogP contribution in [-0.2, 0) is 4.79 Å². The Hall–Kier alpha value is -2.22. The Bertz CT molecular complexity index is 719. The maximum atomic E-state index is 11.9. The van der Waals surface area contributed by atoms with Crippen LogP contribution in [0.2, 0.25) is 0 Å². The molecule has 0 fully saturated rings. The average molecular weight is 349 g/mol. The topological polar surface area (TPSA) is 86.5 Å². The highest BCUT2D eigenvalue weighted by Crippen LogP contribution is 2.35. The van der Waals surface area contributed by atoms with E-state index in [1.807, 2.05) is 13.0 Å². The zero-order valence-electron chi connectivity index (χ0n) is 13.6. The van der Waals surface area contributed by atoms with Crippen molar-refractivity contribution in [3.63, 3.8) is 0 Å². The summed E-state index contributed by atoms with van der Waals surface area (Å²) in [4.78, 5) is 11.9. The van der Waals surface area contributed by atoms with Gasteiger partial charge in [-0.15, -0.1) is 10.2 Å². The number of fused-ring (bicyclic) bond motifs is 1. The van der Waals surface area contributed by atoms with Crippen LogP contribution in [0.15, 0.2) is 27.8 Å². The molecule has 2 aromatic rings. The predicted molar refractivity (Wildman–Crippen MR) is 89.1 cm³/mol. The highest BCUT2D eigenvalue weighted by molar-refractivity contribution is 7.99. The van der Waals surface area contributed by atoms with E-state index in [0.717, 1.165) is 18.4 Å². The maximum absolute atomic E-state index is 11.9. The van der Waals surface area contributed by atoms with Crippen LogP contribution in [0.4, 0.5) is 0 Å². The van der Waals surface area contributed by atoms with Crippen molar-refractivity contribution in [2.24, 2.45) is 0 Å². The highest BCUT2D eigenvalue weighted by Gasteiger charge is 2.17. The molecule has 1 aromatic heterocycles. The quantitative estimate of drug-likeness (QED) is 0.769. The number of hydrogen-bond donors (Lipinski definition) is 1. The number of hydrogen-bond acceptors (Lipinski definition) is 7. The second kappa shape index (κ2) is 7.57. The molecule has 0 saturated heterocycles. The first kappa shape index (κ1) is 16.6. The molecule has 3 rings (SSSR count). The van der Waals surface area contributed by atoms with Crippen molar-refractivity contribution in [1.82, 2.24) is 15.5 Å². The highest BCUT2D eigenvalue weighted by atomic mass is 32.2. The molecular formula is C16H19N3O4S. The molecule has 0 bridgehead atoms. The first-order chi connectivity index (χ1) is 11.7. The van der Waals surface area contributed by atoms with Crippen LogP contribution < -0.4 is 14.8 Å². The van der Waals surface area contributed by atoms with Crippen molar-refractivity contribution in [3.8, 4) is 23.0 Å². The molecule has 128 valence electrons. The van der Waals surface area contributed by atoms with Gasteiger partial charge in [-0.1, -0.05) is 25.1 Å². The third kappa shape index (κ3) is 4.00. The Balaban J connectivity index is 1.57. The summed E-state index contributed by atoms with van der Waals surface area (Å²) in [6.45, 7) is 4.30. The van der Waals surface area contributed by atoms with E-state index in [-0.39, 0.29) is 24.5 Å². The Morgan fingerprint density at radius 2 is 2.17 bits per heavy atom. The fourth-order valence-corrected chi connectivity index (χ4v) is 2.94. The molecule has 1 aromatic carbocycles. The van der Waals surface area contributed by atoms with Crippen molar-refractivity contribution in [2.75, 3.05) is 12.5 Å². The van der Waals surface area contributed by atoms with Crippen molar-refractivity contribution < 1.29 is 18.7 Å². The summed E-state index contributed by atoms with van der Waals surface area (Å²) in [5.41, 5.74) is 0.750. The molecule has 0 aliphatic carbocycles. The normalized spacial score (nSPS) is 13.8. The lowest BCUT2D eigenvalue weighted by Gasteiger charge is -2.11. The van der Waals surface area contributed by atoms with Gasteiger partial charge in [-0.05, 0) is 31.5 Å². The molecule has 2 heterocycles. The molecule has 1 N–H and O–H groups in total. The minimum absolute atomic E-state index is 0.0382. The van der Waals surface area contributed by atoms with Gasteiger partial charge in [0.25, 0.3) is 5.22 Å². The minimum atomic E-state index is -0.0382. The van der Waals surface area contributed by atoms with Gasteiger partial charge in [-0.25, -0.2) is 0 Å². The van der Waals surface area contributed by atoms with E-state index in [4.69, 9.17) is 13.9 Å². The van der Waals surface area contributed by atoms with Crippen LogP contribution in [0.1, 0.15) is 26.7 Å². The van der Waals surface area contributed by atoms with Gasteiger partial charge in [0, 0.05) is 11.6 Å². The SMILES string of the molecule is CCC[C@@H](C)NC(=O)CSc1nnc(-c2ccc3c(c2)OCO3)o1. The standard InChI is InChI=1S/C16H19N3O4S/c1-3-4-10(2)17-14(20)8-24-16-19-18-15(23-16)11-5-6-12-13(7-11)22-9-21-12/h5-7,10H,3-4,8-9H2,1-2H3,(H,17,20)/t10-/m1/s1. The van der Waals surface area contributed by atoms with E-state index in [2.05, 4.69) is 22.4 Å². The summed E-state index contributed by atoms with van der Waals surface area (Å²) >= 11 is 1.22. The Morgan fingerprint density at radius 1 is 1.33 bits per heavy atom. The zero-order valence-corrected chi connectivity index (χ0v) is 14.4. The van der Waals surface area contributed by atoms with Crippen LogP contribution >= 0.6 is 11.8 Å². The number of rotatable bonds is 7. The van der Waals surface area contributed by atoms with Crippen molar-refractivity contribution in [3.05, 3.63) is 18.2 Å². The Morgan fingerprint density at radius 3 is 3.00 bits per heavy atom. The van der Waals surface area contributed by atoms with Gasteiger partial charge in [0.05, 0.1) is 5.75 Å². The summed E-state index contributed by atoms with van der Waals surface area (Å²) in [5, 5.41) is 11.3. The lowest BCUT2D eigenvalue weighted by Crippen LogP contribution is -2.33. The second-order valence-corrected chi connectivity index (χ2v) is 6.41. The Kier molecular flexibility index (Phi) is 5.24. The van der Waals surface area contributed by atoms with Crippen LogP contribution in [0.25, 0.3) is 11.5 Å². The fourth-order valence-electron chi connectivity index (χ4n) is 2.36. The van der Waals surface area contributed by atoms with E-state index >= 15 is 0 Å².